The quantitative estimate of drug-likeness (QED) is 0.797. The van der Waals surface area contributed by atoms with Crippen LogP contribution in [0.15, 0.2) is 0 Å². The van der Waals surface area contributed by atoms with E-state index in [4.69, 9.17) is 5.73 Å². The van der Waals surface area contributed by atoms with E-state index in [0.717, 1.165) is 18.5 Å². The largest absolute Gasteiger partial charge is 0.329 e. The highest BCUT2D eigenvalue weighted by Crippen LogP contribution is 2.31. The molecule has 0 bridgehead atoms. The lowest BCUT2D eigenvalue weighted by molar-refractivity contribution is 0.138. The summed E-state index contributed by atoms with van der Waals surface area (Å²) in [6, 6.07) is 1.47. The van der Waals surface area contributed by atoms with Crippen molar-refractivity contribution in [1.29, 1.82) is 0 Å². The van der Waals surface area contributed by atoms with Gasteiger partial charge in [-0.3, -0.25) is 4.90 Å². The second kappa shape index (κ2) is 5.55. The molecule has 0 amide bonds. The third kappa shape index (κ3) is 2.69. The SMILES string of the molecule is CN(C1CCCC1)C(CN)C1CCSC1. The van der Waals surface area contributed by atoms with Gasteiger partial charge in [-0.25, -0.2) is 0 Å². The Labute approximate surface area is 98.0 Å². The molecular formula is C12H24N2S. The highest BCUT2D eigenvalue weighted by molar-refractivity contribution is 7.99. The van der Waals surface area contributed by atoms with Gasteiger partial charge in [-0.2, -0.15) is 11.8 Å². The average molecular weight is 228 g/mol. The van der Waals surface area contributed by atoms with Crippen molar-refractivity contribution < 1.29 is 0 Å². The summed E-state index contributed by atoms with van der Waals surface area (Å²) >= 11 is 2.10. The van der Waals surface area contributed by atoms with Gasteiger partial charge in [-0.1, -0.05) is 12.8 Å². The number of nitrogens with zero attached hydrogens (tertiary/aromatic N) is 1. The molecule has 2 aliphatic rings. The summed E-state index contributed by atoms with van der Waals surface area (Å²) in [6.07, 6.45) is 7.01. The molecule has 1 saturated carbocycles. The molecule has 1 aliphatic carbocycles. The van der Waals surface area contributed by atoms with Gasteiger partial charge in [0.25, 0.3) is 0 Å². The molecule has 0 spiro atoms. The van der Waals surface area contributed by atoms with E-state index in [1.54, 1.807) is 0 Å². The van der Waals surface area contributed by atoms with Crippen LogP contribution in [0.1, 0.15) is 32.1 Å². The summed E-state index contributed by atoms with van der Waals surface area (Å²) in [4.78, 5) is 2.60. The lowest BCUT2D eigenvalue weighted by Gasteiger charge is -2.35. The van der Waals surface area contributed by atoms with Gasteiger partial charge in [-0.05, 0) is 43.7 Å². The fourth-order valence-electron chi connectivity index (χ4n) is 3.13. The van der Waals surface area contributed by atoms with Crippen LogP contribution in [-0.4, -0.2) is 42.1 Å². The van der Waals surface area contributed by atoms with E-state index in [1.165, 1.54) is 43.6 Å². The van der Waals surface area contributed by atoms with Crippen LogP contribution < -0.4 is 5.73 Å². The van der Waals surface area contributed by atoms with Crippen molar-refractivity contribution >= 4 is 11.8 Å². The molecule has 2 unspecified atom stereocenters. The van der Waals surface area contributed by atoms with Crippen LogP contribution in [0, 0.1) is 5.92 Å². The number of nitrogens with two attached hydrogens (primary N) is 1. The summed E-state index contributed by atoms with van der Waals surface area (Å²) in [6.45, 7) is 0.845. The van der Waals surface area contributed by atoms with E-state index in [2.05, 4.69) is 23.7 Å². The van der Waals surface area contributed by atoms with Crippen molar-refractivity contribution in [2.75, 3.05) is 25.1 Å². The summed E-state index contributed by atoms with van der Waals surface area (Å²) in [7, 11) is 2.30. The summed E-state index contributed by atoms with van der Waals surface area (Å²) in [5.41, 5.74) is 5.97. The maximum Gasteiger partial charge on any atom is 0.0254 e. The zero-order valence-electron chi connectivity index (χ0n) is 9.82. The predicted octanol–water partition coefficient (Wildman–Crippen LogP) is 1.94. The summed E-state index contributed by atoms with van der Waals surface area (Å²) < 4.78 is 0. The van der Waals surface area contributed by atoms with Gasteiger partial charge in [0.1, 0.15) is 0 Å². The summed E-state index contributed by atoms with van der Waals surface area (Å²) in [5, 5.41) is 0. The Morgan fingerprint density at radius 1 is 1.33 bits per heavy atom. The predicted molar refractivity (Wildman–Crippen MR) is 68.3 cm³/mol. The van der Waals surface area contributed by atoms with Gasteiger partial charge in [0.05, 0.1) is 0 Å². The summed E-state index contributed by atoms with van der Waals surface area (Å²) in [5.74, 6) is 3.53. The maximum absolute atomic E-state index is 5.97. The Kier molecular flexibility index (Phi) is 4.35. The van der Waals surface area contributed by atoms with E-state index >= 15 is 0 Å². The molecule has 2 atom stereocenters. The van der Waals surface area contributed by atoms with Crippen LogP contribution in [-0.2, 0) is 0 Å². The zero-order chi connectivity index (χ0) is 10.7. The Bertz CT molecular complexity index is 186. The molecule has 0 aromatic carbocycles. The average Bonchev–Trinajstić information content (AvgIpc) is 2.91. The van der Waals surface area contributed by atoms with Crippen LogP contribution in [0.2, 0.25) is 0 Å². The molecule has 1 saturated heterocycles. The van der Waals surface area contributed by atoms with Gasteiger partial charge in [0.2, 0.25) is 0 Å². The molecule has 0 radical (unpaired) electrons. The number of thioether (sulfide) groups is 1. The van der Waals surface area contributed by atoms with E-state index in [9.17, 15) is 0 Å². The second-order valence-electron chi connectivity index (χ2n) is 5.03. The number of likely N-dealkylation sites (N-methyl/N-ethyl adjacent to an activating group) is 1. The molecule has 88 valence electrons. The van der Waals surface area contributed by atoms with E-state index < -0.39 is 0 Å². The van der Waals surface area contributed by atoms with Crippen LogP contribution in [0.25, 0.3) is 0 Å². The molecule has 2 fully saturated rings. The van der Waals surface area contributed by atoms with Crippen molar-refractivity contribution in [2.24, 2.45) is 11.7 Å². The van der Waals surface area contributed by atoms with Crippen molar-refractivity contribution in [3.05, 3.63) is 0 Å². The first-order chi connectivity index (χ1) is 7.33. The Morgan fingerprint density at radius 2 is 2.07 bits per heavy atom. The minimum Gasteiger partial charge on any atom is -0.329 e. The fraction of sp³-hybridized carbons (Fsp3) is 1.00. The first kappa shape index (κ1) is 11.7. The molecule has 2 rings (SSSR count). The van der Waals surface area contributed by atoms with Crippen LogP contribution >= 0.6 is 11.8 Å². The minimum atomic E-state index is 0.642. The van der Waals surface area contributed by atoms with E-state index in [-0.39, 0.29) is 0 Å². The molecular weight excluding hydrogens is 204 g/mol. The van der Waals surface area contributed by atoms with Gasteiger partial charge in [0, 0.05) is 18.6 Å². The van der Waals surface area contributed by atoms with Crippen LogP contribution in [0.5, 0.6) is 0 Å². The molecule has 3 heteroatoms. The van der Waals surface area contributed by atoms with Crippen LogP contribution in [0.3, 0.4) is 0 Å². The number of hydrogen-bond donors (Lipinski definition) is 1. The Balaban J connectivity index is 1.91. The van der Waals surface area contributed by atoms with Gasteiger partial charge >= 0.3 is 0 Å². The zero-order valence-corrected chi connectivity index (χ0v) is 10.6. The number of rotatable bonds is 4. The van der Waals surface area contributed by atoms with Crippen LogP contribution in [0.4, 0.5) is 0 Å². The molecule has 1 heterocycles. The highest BCUT2D eigenvalue weighted by atomic mass is 32.2. The molecule has 0 aromatic rings. The van der Waals surface area contributed by atoms with Gasteiger partial charge < -0.3 is 5.73 Å². The third-order valence-electron chi connectivity index (χ3n) is 4.17. The standard InChI is InChI=1S/C12H24N2S/c1-14(11-4-2-3-5-11)12(8-13)10-6-7-15-9-10/h10-12H,2-9,13H2,1H3. The molecule has 15 heavy (non-hydrogen) atoms. The lowest BCUT2D eigenvalue weighted by Crippen LogP contribution is -2.47. The molecule has 1 aliphatic heterocycles. The lowest BCUT2D eigenvalue weighted by atomic mass is 9.96. The fourth-order valence-corrected chi connectivity index (χ4v) is 4.46. The van der Waals surface area contributed by atoms with E-state index in [0.29, 0.717) is 6.04 Å². The third-order valence-corrected chi connectivity index (χ3v) is 5.36. The van der Waals surface area contributed by atoms with Crippen molar-refractivity contribution in [3.8, 4) is 0 Å². The first-order valence-electron chi connectivity index (χ1n) is 6.32. The maximum atomic E-state index is 5.97. The van der Waals surface area contributed by atoms with Crippen molar-refractivity contribution in [3.63, 3.8) is 0 Å². The van der Waals surface area contributed by atoms with E-state index in [1.807, 2.05) is 0 Å². The van der Waals surface area contributed by atoms with Crippen molar-refractivity contribution in [1.82, 2.24) is 4.90 Å². The van der Waals surface area contributed by atoms with Crippen molar-refractivity contribution in [2.45, 2.75) is 44.2 Å². The Hall–Kier alpha value is 0.270. The number of hydrogen-bond acceptors (Lipinski definition) is 3. The molecule has 0 aromatic heterocycles. The highest BCUT2D eigenvalue weighted by Gasteiger charge is 2.31. The topological polar surface area (TPSA) is 29.3 Å². The first-order valence-corrected chi connectivity index (χ1v) is 7.48. The van der Waals surface area contributed by atoms with Gasteiger partial charge in [-0.15, -0.1) is 0 Å². The molecule has 2 nitrogen and oxygen atoms in total. The Morgan fingerprint density at radius 3 is 2.60 bits per heavy atom. The second-order valence-corrected chi connectivity index (χ2v) is 6.18. The minimum absolute atomic E-state index is 0.642. The normalized spacial score (nSPS) is 30.2. The van der Waals surface area contributed by atoms with Gasteiger partial charge in [0.15, 0.2) is 0 Å². The monoisotopic (exact) mass is 228 g/mol. The smallest absolute Gasteiger partial charge is 0.0254 e. The molecule has 2 N–H and O–H groups in total.